The van der Waals surface area contributed by atoms with Crippen LogP contribution in [0.15, 0.2) is 6.20 Å². The Kier molecular flexibility index (Phi) is 10.3. The number of hydrogen-bond donors (Lipinski definition) is 0. The molecule has 2 radical (unpaired) electrons. The molecule has 0 atom stereocenters. The summed E-state index contributed by atoms with van der Waals surface area (Å²) in [6, 6.07) is 0. The van der Waals surface area contributed by atoms with Gasteiger partial charge in [0.1, 0.15) is 0 Å². The Morgan fingerprint density at radius 2 is 1.50 bits per heavy atom. The van der Waals surface area contributed by atoms with E-state index in [4.69, 9.17) is 4.98 Å². The summed E-state index contributed by atoms with van der Waals surface area (Å²) >= 11 is 1.48. The first-order chi connectivity index (χ1) is 10.6. The van der Waals surface area contributed by atoms with Gasteiger partial charge in [0.2, 0.25) is 0 Å². The Bertz CT molecular complexity index is 378. The van der Waals surface area contributed by atoms with Crippen molar-refractivity contribution in [3.05, 3.63) is 11.2 Å². The molecule has 1 aromatic heterocycles. The van der Waals surface area contributed by atoms with Gasteiger partial charge >= 0.3 is 153 Å². The van der Waals surface area contributed by atoms with E-state index >= 15 is 0 Å². The van der Waals surface area contributed by atoms with Gasteiger partial charge in [-0.05, 0) is 0 Å². The fraction of sp³-hybridized carbons (Fsp3) is 0.842. The first kappa shape index (κ1) is 20.5. The molecule has 0 bridgehead atoms. The van der Waals surface area contributed by atoms with Crippen molar-refractivity contribution in [2.45, 2.75) is 102 Å². The summed E-state index contributed by atoms with van der Waals surface area (Å²) in [7, 11) is 0. The van der Waals surface area contributed by atoms with Crippen LogP contribution in [-0.2, 0) is 0 Å². The monoisotopic (exact) mass is 429 g/mol. The molecule has 0 amide bonds. The van der Waals surface area contributed by atoms with Crippen molar-refractivity contribution in [1.29, 1.82) is 0 Å². The van der Waals surface area contributed by atoms with Crippen LogP contribution in [0.1, 0.15) is 103 Å². The number of nitrogens with zero attached hydrogens (tertiary/aromatic N) is 1. The Morgan fingerprint density at radius 3 is 1.86 bits per heavy atom. The van der Waals surface area contributed by atoms with Gasteiger partial charge < -0.3 is 0 Å². The topological polar surface area (TPSA) is 12.9 Å². The van der Waals surface area contributed by atoms with Gasteiger partial charge in [0.25, 0.3) is 0 Å². The van der Waals surface area contributed by atoms with Crippen LogP contribution < -0.4 is 2.89 Å². The second-order valence-corrected chi connectivity index (χ2v) is 14.3. The van der Waals surface area contributed by atoms with Crippen LogP contribution in [0.5, 0.6) is 0 Å². The SMILES string of the molecule is CCCC[C](CCCC)(CCCC)[Sn][c]1cnc(C(C)C)s1. The normalized spacial score (nSPS) is 12.3. The van der Waals surface area contributed by atoms with Crippen LogP contribution in [-0.4, -0.2) is 26.1 Å². The zero-order valence-electron chi connectivity index (χ0n) is 15.4. The number of rotatable bonds is 12. The van der Waals surface area contributed by atoms with Crippen LogP contribution in [0.2, 0.25) is 3.43 Å². The van der Waals surface area contributed by atoms with E-state index in [1.807, 2.05) is 11.3 Å². The molecule has 0 aliphatic heterocycles. The fourth-order valence-electron chi connectivity index (χ4n) is 2.98. The zero-order chi connectivity index (χ0) is 16.4. The van der Waals surface area contributed by atoms with E-state index in [1.54, 1.807) is 2.89 Å². The Labute approximate surface area is 152 Å². The van der Waals surface area contributed by atoms with Gasteiger partial charge in [0.05, 0.1) is 0 Å². The quantitative estimate of drug-likeness (QED) is 0.355. The van der Waals surface area contributed by atoms with E-state index in [2.05, 4.69) is 40.8 Å². The molecule has 1 aromatic rings. The summed E-state index contributed by atoms with van der Waals surface area (Å²) in [5, 5.41) is 1.35. The third-order valence-electron chi connectivity index (χ3n) is 4.43. The second-order valence-electron chi connectivity index (χ2n) is 6.93. The molecule has 0 aliphatic carbocycles. The summed E-state index contributed by atoms with van der Waals surface area (Å²) < 4.78 is 2.39. The van der Waals surface area contributed by atoms with Gasteiger partial charge in [-0.15, -0.1) is 0 Å². The van der Waals surface area contributed by atoms with E-state index < -0.39 is 21.1 Å². The third-order valence-corrected chi connectivity index (χ3v) is 11.8. The van der Waals surface area contributed by atoms with Gasteiger partial charge in [-0.1, -0.05) is 0 Å². The summed E-state index contributed by atoms with van der Waals surface area (Å²) in [5.74, 6) is 0.592. The number of hydrogen-bond acceptors (Lipinski definition) is 2. The predicted octanol–water partition coefficient (Wildman–Crippen LogP) is 6.33. The van der Waals surface area contributed by atoms with Gasteiger partial charge in [0, 0.05) is 0 Å². The molecule has 1 heterocycles. The van der Waals surface area contributed by atoms with Crippen molar-refractivity contribution < 1.29 is 0 Å². The second kappa shape index (κ2) is 11.1. The standard InChI is InChI=1S/C13H27.C6H8NS.Sn/c1-4-7-10-13(11-8-5-2)12-9-6-3;1-5(2)6-7-3-4-8-6;/h4-12H2,1-3H3;3,5H,1-2H3;. The van der Waals surface area contributed by atoms with E-state index in [0.717, 1.165) is 0 Å². The van der Waals surface area contributed by atoms with E-state index in [9.17, 15) is 0 Å². The summed E-state index contributed by atoms with van der Waals surface area (Å²) in [5.41, 5.74) is 0. The summed E-state index contributed by atoms with van der Waals surface area (Å²) in [6.07, 6.45) is 15.0. The summed E-state index contributed by atoms with van der Waals surface area (Å²) in [4.78, 5) is 4.70. The van der Waals surface area contributed by atoms with Crippen molar-refractivity contribution in [1.82, 2.24) is 4.98 Å². The average molecular weight is 428 g/mol. The van der Waals surface area contributed by atoms with Crippen molar-refractivity contribution >= 4 is 35.4 Å². The molecule has 126 valence electrons. The van der Waals surface area contributed by atoms with Crippen molar-refractivity contribution in [2.24, 2.45) is 0 Å². The molecule has 22 heavy (non-hydrogen) atoms. The van der Waals surface area contributed by atoms with E-state index in [0.29, 0.717) is 9.35 Å². The Balaban J connectivity index is 2.87. The molecule has 1 nitrogen and oxygen atoms in total. The molecule has 3 heteroatoms. The number of thiazole rings is 1. The van der Waals surface area contributed by atoms with Gasteiger partial charge in [0.15, 0.2) is 0 Å². The minimum atomic E-state index is -0.552. The molecular formula is C19H35NSSn. The minimum absolute atomic E-state index is 0.552. The maximum atomic E-state index is 4.70. The molecule has 0 aliphatic rings. The maximum absolute atomic E-state index is 4.70. The molecule has 0 saturated heterocycles. The number of unbranched alkanes of at least 4 members (excludes halogenated alkanes) is 3. The van der Waals surface area contributed by atoms with Crippen molar-refractivity contribution in [3.8, 4) is 0 Å². The zero-order valence-corrected chi connectivity index (χ0v) is 19.0. The molecule has 0 aromatic carbocycles. The van der Waals surface area contributed by atoms with Gasteiger partial charge in [-0.2, -0.15) is 0 Å². The van der Waals surface area contributed by atoms with Crippen LogP contribution in [0, 0.1) is 0 Å². The molecule has 0 unspecified atom stereocenters. The summed E-state index contributed by atoms with van der Waals surface area (Å²) in [6.45, 7) is 11.6. The van der Waals surface area contributed by atoms with Crippen LogP contribution in [0.4, 0.5) is 0 Å². The Hall–Kier alpha value is 0.429. The number of aromatic nitrogens is 1. The first-order valence-corrected chi connectivity index (χ1v) is 13.0. The van der Waals surface area contributed by atoms with Crippen LogP contribution in [0.25, 0.3) is 0 Å². The molecule has 0 N–H and O–H groups in total. The molecule has 0 spiro atoms. The molecule has 0 saturated carbocycles. The van der Waals surface area contributed by atoms with Crippen molar-refractivity contribution in [3.63, 3.8) is 0 Å². The predicted molar refractivity (Wildman–Crippen MR) is 103 cm³/mol. The molecular weight excluding hydrogens is 393 g/mol. The Morgan fingerprint density at radius 1 is 1.00 bits per heavy atom. The average Bonchev–Trinajstić information content (AvgIpc) is 2.97. The van der Waals surface area contributed by atoms with Gasteiger partial charge in [-0.3, -0.25) is 0 Å². The first-order valence-electron chi connectivity index (χ1n) is 9.30. The molecule has 0 fully saturated rings. The fourth-order valence-corrected chi connectivity index (χ4v) is 10.9. The van der Waals surface area contributed by atoms with Crippen molar-refractivity contribution in [2.75, 3.05) is 0 Å². The van der Waals surface area contributed by atoms with Crippen LogP contribution >= 0.6 is 11.3 Å². The van der Waals surface area contributed by atoms with E-state index in [-0.39, 0.29) is 0 Å². The van der Waals surface area contributed by atoms with Gasteiger partial charge in [-0.25, -0.2) is 0 Å². The van der Waals surface area contributed by atoms with Crippen LogP contribution in [0.3, 0.4) is 0 Å². The molecule has 1 rings (SSSR count). The third kappa shape index (κ3) is 6.90. The van der Waals surface area contributed by atoms with E-state index in [1.165, 1.54) is 62.8 Å².